The second-order valence-electron chi connectivity index (χ2n) is 9.45. The SMILES string of the molecule is C=Cc1cccc2c1N(C)Cc1cc(OC/C(N)=C/N(C)CNC)c(OCc3cn(CNC(C)=O)nn3)cc1-2. The van der Waals surface area contributed by atoms with E-state index in [9.17, 15) is 4.79 Å². The predicted molar refractivity (Wildman–Crippen MR) is 152 cm³/mol. The second kappa shape index (κ2) is 12.4. The van der Waals surface area contributed by atoms with Crippen LogP contribution >= 0.6 is 0 Å². The lowest BCUT2D eigenvalue weighted by Crippen LogP contribution is -2.26. The number of carbonyl (C=O) groups is 1. The molecule has 0 saturated heterocycles. The molecule has 0 unspecified atom stereocenters. The zero-order valence-corrected chi connectivity index (χ0v) is 22.9. The number of nitrogens with one attached hydrogen (secondary N) is 2. The fraction of sp³-hybridized carbons (Fsp3) is 0.321. The van der Waals surface area contributed by atoms with Crippen LogP contribution in [0.3, 0.4) is 0 Å². The van der Waals surface area contributed by atoms with Crippen molar-refractivity contribution in [2.45, 2.75) is 26.7 Å². The third-order valence-corrected chi connectivity index (χ3v) is 6.18. The summed E-state index contributed by atoms with van der Waals surface area (Å²) in [6.07, 6.45) is 5.44. The van der Waals surface area contributed by atoms with Crippen LogP contribution in [-0.2, 0) is 24.6 Å². The van der Waals surface area contributed by atoms with Gasteiger partial charge in [0.25, 0.3) is 0 Å². The molecule has 4 rings (SSSR count). The molecule has 0 fully saturated rings. The number of ether oxygens (including phenoxy) is 2. The summed E-state index contributed by atoms with van der Waals surface area (Å²) >= 11 is 0. The first kappa shape index (κ1) is 27.5. The monoisotopic (exact) mass is 532 g/mol. The summed E-state index contributed by atoms with van der Waals surface area (Å²) in [5.41, 5.74) is 12.9. The quantitative estimate of drug-likeness (QED) is 0.302. The van der Waals surface area contributed by atoms with Crippen molar-refractivity contribution in [3.05, 3.63) is 71.8 Å². The minimum absolute atomic E-state index is 0.143. The molecule has 0 aliphatic carbocycles. The van der Waals surface area contributed by atoms with E-state index in [1.54, 1.807) is 10.9 Å². The highest BCUT2D eigenvalue weighted by Gasteiger charge is 2.24. The molecule has 1 aromatic heterocycles. The Balaban J connectivity index is 1.63. The largest absolute Gasteiger partial charge is 0.483 e. The van der Waals surface area contributed by atoms with Crippen molar-refractivity contribution in [3.8, 4) is 22.6 Å². The van der Waals surface area contributed by atoms with E-state index >= 15 is 0 Å². The maximum Gasteiger partial charge on any atom is 0.218 e. The number of para-hydroxylation sites is 1. The standard InChI is InChI=1S/C28H36N8O3/c1-6-20-8-7-9-24-25-11-27(39-16-23-14-36(33-32-23)18-31-19(2)37)26(10-21(25)12-35(5)28(20)24)38-15-22(29)13-34(4)17-30-3/h6-11,13-14,30H,1,12,15-18,29H2,2-5H3,(H,31,37)/b22-13-. The molecular weight excluding hydrogens is 496 g/mol. The second-order valence-corrected chi connectivity index (χ2v) is 9.45. The fourth-order valence-corrected chi connectivity index (χ4v) is 4.52. The molecule has 39 heavy (non-hydrogen) atoms. The number of carbonyl (C=O) groups excluding carboxylic acids is 1. The first-order chi connectivity index (χ1) is 18.8. The van der Waals surface area contributed by atoms with E-state index in [0.29, 0.717) is 36.1 Å². The van der Waals surface area contributed by atoms with Gasteiger partial charge in [0.05, 0.1) is 24.2 Å². The number of anilines is 1. The molecule has 11 nitrogen and oxygen atoms in total. The molecule has 0 saturated carbocycles. The molecule has 2 heterocycles. The van der Waals surface area contributed by atoms with E-state index in [4.69, 9.17) is 15.2 Å². The fourth-order valence-electron chi connectivity index (χ4n) is 4.52. The van der Waals surface area contributed by atoms with Gasteiger partial charge in [-0.2, -0.15) is 0 Å². The van der Waals surface area contributed by atoms with Crippen LogP contribution in [0.15, 0.2) is 55.0 Å². The third-order valence-electron chi connectivity index (χ3n) is 6.18. The highest BCUT2D eigenvalue weighted by molar-refractivity contribution is 5.89. The van der Waals surface area contributed by atoms with E-state index in [1.165, 1.54) is 6.92 Å². The molecule has 0 bridgehead atoms. The van der Waals surface area contributed by atoms with Crippen LogP contribution in [0.25, 0.3) is 17.2 Å². The summed E-state index contributed by atoms with van der Waals surface area (Å²) in [7, 11) is 5.88. The first-order valence-electron chi connectivity index (χ1n) is 12.6. The minimum atomic E-state index is -0.143. The van der Waals surface area contributed by atoms with Gasteiger partial charge in [0, 0.05) is 39.3 Å². The number of fused-ring (bicyclic) bond motifs is 3. The van der Waals surface area contributed by atoms with Crippen molar-refractivity contribution in [2.75, 3.05) is 39.3 Å². The smallest absolute Gasteiger partial charge is 0.218 e. The number of nitrogens with two attached hydrogens (primary N) is 1. The molecule has 0 radical (unpaired) electrons. The van der Waals surface area contributed by atoms with E-state index < -0.39 is 0 Å². The van der Waals surface area contributed by atoms with Crippen LogP contribution in [-0.4, -0.2) is 60.2 Å². The van der Waals surface area contributed by atoms with Crippen LogP contribution in [0, 0.1) is 0 Å². The topological polar surface area (TPSA) is 123 Å². The molecule has 1 aliphatic heterocycles. The average molecular weight is 533 g/mol. The lowest BCUT2D eigenvalue weighted by Gasteiger charge is -2.32. The maximum absolute atomic E-state index is 11.2. The summed E-state index contributed by atoms with van der Waals surface area (Å²) < 4.78 is 14.0. The predicted octanol–water partition coefficient (Wildman–Crippen LogP) is 2.50. The van der Waals surface area contributed by atoms with Crippen LogP contribution in [0.4, 0.5) is 5.69 Å². The van der Waals surface area contributed by atoms with Crippen molar-refractivity contribution in [1.82, 2.24) is 30.5 Å². The molecule has 3 aromatic rings. The van der Waals surface area contributed by atoms with Crippen molar-refractivity contribution in [3.63, 3.8) is 0 Å². The Labute approximate surface area is 228 Å². The highest BCUT2D eigenvalue weighted by Crippen LogP contribution is 2.45. The molecule has 1 amide bonds. The lowest BCUT2D eigenvalue weighted by molar-refractivity contribution is -0.119. The van der Waals surface area contributed by atoms with Gasteiger partial charge >= 0.3 is 0 Å². The zero-order chi connectivity index (χ0) is 27.9. The van der Waals surface area contributed by atoms with E-state index in [1.807, 2.05) is 49.5 Å². The minimum Gasteiger partial charge on any atom is -0.483 e. The Kier molecular flexibility index (Phi) is 8.72. The number of amides is 1. The summed E-state index contributed by atoms with van der Waals surface area (Å²) in [5.74, 6) is 1.01. The number of nitrogens with zero attached hydrogens (tertiary/aromatic N) is 5. The molecular formula is C28H36N8O3. The summed E-state index contributed by atoms with van der Waals surface area (Å²) in [6.45, 7) is 7.41. The zero-order valence-electron chi connectivity index (χ0n) is 22.9. The van der Waals surface area contributed by atoms with Crippen molar-refractivity contribution < 1.29 is 14.3 Å². The Hall–Kier alpha value is -4.51. The van der Waals surface area contributed by atoms with Crippen LogP contribution in [0.1, 0.15) is 23.7 Å². The number of hydrogen-bond acceptors (Lipinski definition) is 9. The summed E-state index contributed by atoms with van der Waals surface area (Å²) in [4.78, 5) is 15.4. The van der Waals surface area contributed by atoms with Gasteiger partial charge in [-0.1, -0.05) is 36.1 Å². The molecule has 11 heteroatoms. The van der Waals surface area contributed by atoms with Crippen molar-refractivity contribution in [1.29, 1.82) is 0 Å². The Morgan fingerprint density at radius 1 is 1.26 bits per heavy atom. The molecule has 0 atom stereocenters. The summed E-state index contributed by atoms with van der Waals surface area (Å²) in [5, 5.41) is 14.0. The highest BCUT2D eigenvalue weighted by atomic mass is 16.5. The number of aromatic nitrogens is 3. The van der Waals surface area contributed by atoms with Gasteiger partial charge in [-0.05, 0) is 35.9 Å². The van der Waals surface area contributed by atoms with Gasteiger partial charge in [-0.15, -0.1) is 5.10 Å². The van der Waals surface area contributed by atoms with Gasteiger partial charge in [0.15, 0.2) is 11.5 Å². The van der Waals surface area contributed by atoms with Crippen molar-refractivity contribution >= 4 is 17.7 Å². The van der Waals surface area contributed by atoms with Gasteiger partial charge in [0.1, 0.15) is 25.6 Å². The average Bonchev–Trinajstić information content (AvgIpc) is 3.37. The Morgan fingerprint density at radius 3 is 2.79 bits per heavy atom. The third kappa shape index (κ3) is 6.68. The van der Waals surface area contributed by atoms with Crippen molar-refractivity contribution in [2.24, 2.45) is 5.73 Å². The van der Waals surface area contributed by atoms with Crippen LogP contribution in [0.2, 0.25) is 0 Å². The Bertz CT molecular complexity index is 1370. The number of rotatable bonds is 12. The molecule has 206 valence electrons. The lowest BCUT2D eigenvalue weighted by atomic mass is 9.91. The van der Waals surface area contributed by atoms with Gasteiger partial charge in [-0.3, -0.25) is 4.79 Å². The molecule has 1 aliphatic rings. The van der Waals surface area contributed by atoms with Crippen LogP contribution in [0.5, 0.6) is 11.5 Å². The van der Waals surface area contributed by atoms with E-state index in [0.717, 1.165) is 27.9 Å². The Morgan fingerprint density at radius 2 is 2.05 bits per heavy atom. The van der Waals surface area contributed by atoms with Gasteiger partial charge < -0.3 is 35.6 Å². The van der Waals surface area contributed by atoms with Crippen LogP contribution < -0.4 is 30.7 Å². The molecule has 0 spiro atoms. The maximum atomic E-state index is 11.2. The van der Waals surface area contributed by atoms with Gasteiger partial charge in [-0.25, -0.2) is 4.68 Å². The number of benzene rings is 2. The number of hydrogen-bond donors (Lipinski definition) is 3. The molecule has 4 N–H and O–H groups in total. The van der Waals surface area contributed by atoms with E-state index in [2.05, 4.69) is 51.6 Å². The van der Waals surface area contributed by atoms with E-state index in [-0.39, 0.29) is 25.8 Å². The molecule has 2 aromatic carbocycles. The van der Waals surface area contributed by atoms with Gasteiger partial charge in [0.2, 0.25) is 5.91 Å². The normalized spacial score (nSPS) is 12.4. The first-order valence-corrected chi connectivity index (χ1v) is 12.6. The summed E-state index contributed by atoms with van der Waals surface area (Å²) in [6, 6.07) is 10.2.